The number of rotatable bonds is 3. The van der Waals surface area contributed by atoms with Crippen LogP contribution < -0.4 is 0 Å². The van der Waals surface area contributed by atoms with Gasteiger partial charge in [-0.15, -0.1) is 37.2 Å². The Labute approximate surface area is 187 Å². The van der Waals surface area contributed by atoms with E-state index in [1.54, 1.807) is 55.6 Å². The zero-order valence-corrected chi connectivity index (χ0v) is 20.7. The fraction of sp³-hybridized carbons (Fsp3) is 0.529. The normalized spacial score (nSPS) is 16.3. The van der Waals surface area contributed by atoms with E-state index in [1.807, 2.05) is 0 Å². The molecule has 0 heterocycles. The molecule has 2 aliphatic rings. The molecule has 1 atom stereocenters. The van der Waals surface area contributed by atoms with Crippen LogP contribution in [0.2, 0.25) is 0 Å². The van der Waals surface area contributed by atoms with E-state index >= 15 is 0 Å². The van der Waals surface area contributed by atoms with Gasteiger partial charge >= 0.3 is 115 Å². The molecule has 0 bridgehead atoms. The number of hydrogen-bond acceptors (Lipinski definition) is 2. The van der Waals surface area contributed by atoms with Crippen LogP contribution in [0.4, 0.5) is 0 Å². The summed E-state index contributed by atoms with van der Waals surface area (Å²) in [4.78, 5) is 0. The molecule has 0 fully saturated rings. The molecule has 7 heteroatoms. The van der Waals surface area contributed by atoms with Gasteiger partial charge in [0.05, 0.1) is 13.2 Å². The third-order valence-electron chi connectivity index (χ3n) is 4.03. The van der Waals surface area contributed by atoms with Crippen LogP contribution in [0, 0.1) is 0 Å². The molecule has 1 aromatic carbocycles. The molecule has 0 aliphatic heterocycles. The number of fused-ring (bicyclic) bond motifs is 2. The molecular weight excluding hydrogens is 514 g/mol. The van der Waals surface area contributed by atoms with Gasteiger partial charge in [-0.2, -0.15) is 0 Å². The van der Waals surface area contributed by atoms with E-state index in [9.17, 15) is 0 Å². The Morgan fingerprint density at radius 3 is 2.25 bits per heavy atom. The van der Waals surface area contributed by atoms with Crippen molar-refractivity contribution in [1.29, 1.82) is 0 Å². The molecule has 0 saturated heterocycles. The zero-order chi connectivity index (χ0) is 15.4. The first-order chi connectivity index (χ1) is 10.1. The summed E-state index contributed by atoms with van der Waals surface area (Å²) in [7, 11) is 3.30. The molecule has 24 heavy (non-hydrogen) atoms. The Hall–Kier alpha value is 1.11. The van der Waals surface area contributed by atoms with Gasteiger partial charge in [0.2, 0.25) is 0 Å². The largest absolute Gasteiger partial charge is 0.382 e. The Morgan fingerprint density at radius 2 is 1.71 bits per heavy atom. The predicted octanol–water partition coefficient (Wildman–Crippen LogP) is 5.49. The van der Waals surface area contributed by atoms with Crippen molar-refractivity contribution in [3.8, 4) is 0 Å². The maximum Gasteiger partial charge on any atom is 0.0696 e. The van der Waals surface area contributed by atoms with Gasteiger partial charge in [0, 0.05) is 14.2 Å². The predicted molar refractivity (Wildman–Crippen MR) is 108 cm³/mol. The van der Waals surface area contributed by atoms with Crippen LogP contribution in [0.25, 0.3) is 6.08 Å². The number of benzene rings is 1. The Bertz CT molecular complexity index is 549. The van der Waals surface area contributed by atoms with E-state index in [0.29, 0.717) is 16.8 Å². The van der Waals surface area contributed by atoms with Crippen molar-refractivity contribution in [1.82, 2.24) is 0 Å². The van der Waals surface area contributed by atoms with E-state index < -0.39 is 0 Å². The van der Waals surface area contributed by atoms with E-state index in [2.05, 4.69) is 44.5 Å². The molecule has 0 aromatic heterocycles. The summed E-state index contributed by atoms with van der Waals surface area (Å²) in [5, 5.41) is 0. The first kappa shape index (κ1) is 27.3. The molecule has 0 N–H and O–H groups in total. The van der Waals surface area contributed by atoms with Crippen LogP contribution >= 0.6 is 53.2 Å². The standard InChI is InChI=1S/C13H12Br.C4H10O2.3ClH.Zr/c1-8-5-10-7-9-3-2-4-11(9)13(14)12(10)6-8;1-5-3-4-6-2;;;;/h5-7H,2-4H2,1H3;3-4H2,1-2H3;3*1H;. The molecule has 0 spiro atoms. The van der Waals surface area contributed by atoms with Crippen molar-refractivity contribution in [2.45, 2.75) is 29.8 Å². The average Bonchev–Trinajstić information content (AvgIpc) is 3.06. The molecule has 3 rings (SSSR count). The maximum atomic E-state index is 4.66. The molecule has 0 saturated carbocycles. The Kier molecular flexibility index (Phi) is 15.2. The summed E-state index contributed by atoms with van der Waals surface area (Å²) in [6.07, 6.45) is 6.25. The molecule has 2 nitrogen and oxygen atoms in total. The molecular formula is C17H25BrCl3O2Zr. The number of aryl methyl sites for hydroxylation is 1. The second kappa shape index (κ2) is 13.3. The topological polar surface area (TPSA) is 18.5 Å². The second-order valence-electron chi connectivity index (χ2n) is 5.49. The number of methoxy groups -OCH3 is 2. The smallest absolute Gasteiger partial charge is 0.0696 e. The SMILES string of the molecule is CC1=Cc2c(cc3c(c2Br)CCC3)[CH]1[Zr].COCCOC.Cl.Cl.Cl. The number of halogens is 4. The molecule has 1 aromatic rings. The van der Waals surface area contributed by atoms with Crippen molar-refractivity contribution >= 4 is 59.2 Å². The minimum Gasteiger partial charge on any atom is -0.382 e. The molecule has 0 amide bonds. The molecule has 2 aliphatic carbocycles. The van der Waals surface area contributed by atoms with Crippen molar-refractivity contribution in [2.24, 2.45) is 0 Å². The summed E-state index contributed by atoms with van der Waals surface area (Å²) in [6, 6.07) is 2.47. The van der Waals surface area contributed by atoms with E-state index in [0.717, 1.165) is 0 Å². The Morgan fingerprint density at radius 1 is 1.12 bits per heavy atom. The summed E-state index contributed by atoms with van der Waals surface area (Å²) < 4.78 is 11.4. The first-order valence-electron chi connectivity index (χ1n) is 7.31. The van der Waals surface area contributed by atoms with E-state index in [-0.39, 0.29) is 37.2 Å². The Balaban J connectivity index is 0. The molecule has 0 radical (unpaired) electrons. The van der Waals surface area contributed by atoms with Gasteiger partial charge in [-0.1, -0.05) is 0 Å². The van der Waals surface area contributed by atoms with Crippen LogP contribution in [0.3, 0.4) is 0 Å². The van der Waals surface area contributed by atoms with Gasteiger partial charge in [0.1, 0.15) is 0 Å². The van der Waals surface area contributed by atoms with Crippen molar-refractivity contribution in [2.75, 3.05) is 27.4 Å². The van der Waals surface area contributed by atoms with Gasteiger partial charge in [-0.3, -0.25) is 0 Å². The van der Waals surface area contributed by atoms with Gasteiger partial charge < -0.3 is 9.47 Å². The summed E-state index contributed by atoms with van der Waals surface area (Å²) in [6.45, 7) is 3.64. The number of allylic oxidation sites excluding steroid dienone is 1. The summed E-state index contributed by atoms with van der Waals surface area (Å²) in [5.41, 5.74) is 7.74. The summed E-state index contributed by atoms with van der Waals surface area (Å²) in [5.74, 6) is 0. The molecule has 137 valence electrons. The fourth-order valence-electron chi connectivity index (χ4n) is 2.84. The van der Waals surface area contributed by atoms with Crippen molar-refractivity contribution in [3.05, 3.63) is 38.4 Å². The third-order valence-corrected chi connectivity index (χ3v) is 6.82. The number of ether oxygens (including phenoxy) is 2. The number of hydrogen-bond donors (Lipinski definition) is 0. The van der Waals surface area contributed by atoms with E-state index in [1.165, 1.54) is 34.9 Å². The monoisotopic (exact) mass is 535 g/mol. The quantitative estimate of drug-likeness (QED) is 0.474. The van der Waals surface area contributed by atoms with E-state index in [4.69, 9.17) is 0 Å². The molecule has 1 unspecified atom stereocenters. The van der Waals surface area contributed by atoms with Crippen LogP contribution in [0.5, 0.6) is 0 Å². The van der Waals surface area contributed by atoms with Crippen LogP contribution in [-0.4, -0.2) is 27.4 Å². The zero-order valence-electron chi connectivity index (χ0n) is 14.2. The van der Waals surface area contributed by atoms with Gasteiger partial charge in [-0.05, 0) is 0 Å². The minimum atomic E-state index is 0. The second-order valence-corrected chi connectivity index (χ2v) is 7.70. The van der Waals surface area contributed by atoms with Crippen LogP contribution in [-0.2, 0) is 47.0 Å². The van der Waals surface area contributed by atoms with Crippen molar-refractivity contribution in [3.63, 3.8) is 0 Å². The van der Waals surface area contributed by atoms with Gasteiger partial charge in [0.25, 0.3) is 0 Å². The first-order valence-corrected chi connectivity index (χ1v) is 9.52. The summed E-state index contributed by atoms with van der Waals surface area (Å²) >= 11 is 5.42. The third kappa shape index (κ3) is 6.37. The van der Waals surface area contributed by atoms with Crippen LogP contribution in [0.1, 0.15) is 39.2 Å². The van der Waals surface area contributed by atoms with Crippen LogP contribution in [0.15, 0.2) is 16.1 Å². The van der Waals surface area contributed by atoms with Gasteiger partial charge in [0.15, 0.2) is 0 Å². The average molecular weight is 539 g/mol. The van der Waals surface area contributed by atoms with Gasteiger partial charge in [-0.25, -0.2) is 0 Å². The van der Waals surface area contributed by atoms with Crippen molar-refractivity contribution < 1.29 is 34.2 Å². The minimum absolute atomic E-state index is 0. The maximum absolute atomic E-state index is 4.66. The fourth-order valence-corrected chi connectivity index (χ4v) is 4.43.